The summed E-state index contributed by atoms with van der Waals surface area (Å²) in [5.74, 6) is 1.47. The quantitative estimate of drug-likeness (QED) is 0.566. The Hall–Kier alpha value is -2.41. The van der Waals surface area contributed by atoms with Crippen molar-refractivity contribution in [3.8, 4) is 5.75 Å². The van der Waals surface area contributed by atoms with Gasteiger partial charge in [-0.15, -0.1) is 0 Å². The predicted octanol–water partition coefficient (Wildman–Crippen LogP) is 2.62. The lowest BCUT2D eigenvalue weighted by atomic mass is 10.2. The van der Waals surface area contributed by atoms with Crippen LogP contribution in [-0.2, 0) is 22.6 Å². The van der Waals surface area contributed by atoms with Crippen LogP contribution in [0.4, 0.5) is 0 Å². The molecular weight excluding hydrogens is 332 g/mol. The summed E-state index contributed by atoms with van der Waals surface area (Å²) in [6, 6.07) is 15.8. The Balaban J connectivity index is 1.59. The van der Waals surface area contributed by atoms with E-state index in [9.17, 15) is 5.11 Å². The van der Waals surface area contributed by atoms with Crippen molar-refractivity contribution in [3.05, 3.63) is 59.9 Å². The minimum absolute atomic E-state index is 0.0844. The molecule has 0 saturated heterocycles. The van der Waals surface area contributed by atoms with Gasteiger partial charge in [0, 0.05) is 13.7 Å². The smallest absolute Gasteiger partial charge is 0.136 e. The molecule has 0 aliphatic rings. The van der Waals surface area contributed by atoms with Gasteiger partial charge in [0.1, 0.15) is 24.8 Å². The molecule has 3 aromatic rings. The lowest BCUT2D eigenvalue weighted by Crippen LogP contribution is -2.10. The first-order chi connectivity index (χ1) is 12.8. The van der Waals surface area contributed by atoms with Crippen LogP contribution in [0.15, 0.2) is 48.5 Å². The molecule has 0 bridgehead atoms. The summed E-state index contributed by atoms with van der Waals surface area (Å²) >= 11 is 0. The zero-order valence-electron chi connectivity index (χ0n) is 14.9. The van der Waals surface area contributed by atoms with Crippen molar-refractivity contribution in [3.63, 3.8) is 0 Å². The van der Waals surface area contributed by atoms with Crippen LogP contribution in [-0.4, -0.2) is 48.2 Å². The molecule has 0 spiro atoms. The Kier molecular flexibility index (Phi) is 6.60. The second-order valence-corrected chi connectivity index (χ2v) is 5.86. The van der Waals surface area contributed by atoms with E-state index in [0.29, 0.717) is 38.8 Å². The Labute approximate surface area is 152 Å². The van der Waals surface area contributed by atoms with E-state index in [0.717, 1.165) is 22.3 Å². The zero-order valence-corrected chi connectivity index (χ0v) is 14.9. The monoisotopic (exact) mass is 356 g/mol. The summed E-state index contributed by atoms with van der Waals surface area (Å²) in [6.45, 7) is 2.77. The van der Waals surface area contributed by atoms with Crippen LogP contribution in [0.2, 0.25) is 0 Å². The van der Waals surface area contributed by atoms with Gasteiger partial charge in [0.15, 0.2) is 0 Å². The lowest BCUT2D eigenvalue weighted by Gasteiger charge is -2.10. The molecule has 0 unspecified atom stereocenters. The summed E-state index contributed by atoms with van der Waals surface area (Å²) in [5.41, 5.74) is 3.03. The minimum Gasteiger partial charge on any atom is -0.491 e. The molecule has 0 aliphatic carbocycles. The number of imidazole rings is 1. The Bertz CT molecular complexity index is 814. The molecule has 1 heterocycles. The van der Waals surface area contributed by atoms with Crippen LogP contribution in [0.1, 0.15) is 11.4 Å². The van der Waals surface area contributed by atoms with Crippen molar-refractivity contribution in [2.75, 3.05) is 33.5 Å². The maximum absolute atomic E-state index is 9.59. The highest BCUT2D eigenvalue weighted by molar-refractivity contribution is 5.76. The van der Waals surface area contributed by atoms with E-state index in [2.05, 4.69) is 4.98 Å². The Morgan fingerprint density at radius 2 is 1.73 bits per heavy atom. The molecule has 0 aliphatic heterocycles. The van der Waals surface area contributed by atoms with Crippen molar-refractivity contribution < 1.29 is 19.3 Å². The van der Waals surface area contributed by atoms with Crippen LogP contribution < -0.4 is 4.74 Å². The zero-order chi connectivity index (χ0) is 18.2. The molecule has 0 amide bonds. The number of para-hydroxylation sites is 2. The van der Waals surface area contributed by atoms with Gasteiger partial charge in [-0.05, 0) is 29.8 Å². The van der Waals surface area contributed by atoms with E-state index in [1.165, 1.54) is 0 Å². The van der Waals surface area contributed by atoms with Crippen molar-refractivity contribution in [2.45, 2.75) is 13.2 Å². The minimum atomic E-state index is -0.0844. The van der Waals surface area contributed by atoms with Crippen LogP contribution in [0.25, 0.3) is 11.0 Å². The number of methoxy groups -OCH3 is 1. The molecule has 0 radical (unpaired) electrons. The maximum atomic E-state index is 9.59. The van der Waals surface area contributed by atoms with E-state index in [1.54, 1.807) is 7.11 Å². The average molecular weight is 356 g/mol. The molecule has 2 aromatic carbocycles. The van der Waals surface area contributed by atoms with Crippen LogP contribution in [0.5, 0.6) is 5.75 Å². The fraction of sp³-hybridized carbons (Fsp3) is 0.350. The molecule has 0 saturated carbocycles. The topological polar surface area (TPSA) is 65.7 Å². The van der Waals surface area contributed by atoms with Gasteiger partial charge in [-0.3, -0.25) is 0 Å². The second-order valence-electron chi connectivity index (χ2n) is 5.86. The van der Waals surface area contributed by atoms with E-state index in [-0.39, 0.29) is 6.61 Å². The van der Waals surface area contributed by atoms with Crippen LogP contribution >= 0.6 is 0 Å². The number of fused-ring (bicyclic) bond motifs is 1. The molecule has 0 atom stereocenters. The van der Waals surface area contributed by atoms with E-state index in [1.807, 2.05) is 53.1 Å². The number of benzene rings is 2. The summed E-state index contributed by atoms with van der Waals surface area (Å²) in [6.07, 6.45) is 0. The second kappa shape index (κ2) is 9.33. The standard InChI is InChI=1S/C20H24N2O4/c1-24-10-11-25-12-13-26-17-8-6-16(7-9-17)14-22-19-5-3-2-4-18(19)21-20(22)15-23/h2-9,23H,10-15H2,1H3. The van der Waals surface area contributed by atoms with Crippen LogP contribution in [0.3, 0.4) is 0 Å². The summed E-state index contributed by atoms with van der Waals surface area (Å²) in [5, 5.41) is 9.59. The van der Waals surface area contributed by atoms with E-state index < -0.39 is 0 Å². The Morgan fingerprint density at radius 3 is 2.50 bits per heavy atom. The average Bonchev–Trinajstić information content (AvgIpc) is 3.03. The SMILES string of the molecule is COCCOCCOc1ccc(Cn2c(CO)nc3ccccc32)cc1. The molecule has 26 heavy (non-hydrogen) atoms. The van der Waals surface area contributed by atoms with Crippen molar-refractivity contribution >= 4 is 11.0 Å². The molecule has 1 N–H and O–H groups in total. The highest BCUT2D eigenvalue weighted by Crippen LogP contribution is 2.19. The fourth-order valence-electron chi connectivity index (χ4n) is 2.76. The number of ether oxygens (including phenoxy) is 3. The summed E-state index contributed by atoms with van der Waals surface area (Å²) < 4.78 is 18.0. The predicted molar refractivity (Wildman–Crippen MR) is 99.4 cm³/mol. The lowest BCUT2D eigenvalue weighted by molar-refractivity contribution is 0.0544. The molecule has 138 valence electrons. The first kappa shape index (κ1) is 18.4. The number of nitrogens with zero attached hydrogens (tertiary/aromatic N) is 2. The normalized spacial score (nSPS) is 11.2. The van der Waals surface area contributed by atoms with Gasteiger partial charge >= 0.3 is 0 Å². The molecule has 6 nitrogen and oxygen atoms in total. The maximum Gasteiger partial charge on any atom is 0.136 e. The van der Waals surface area contributed by atoms with Crippen molar-refractivity contribution in [1.29, 1.82) is 0 Å². The van der Waals surface area contributed by atoms with Crippen molar-refractivity contribution in [1.82, 2.24) is 9.55 Å². The van der Waals surface area contributed by atoms with Gasteiger partial charge in [0.05, 0.1) is 30.9 Å². The number of aliphatic hydroxyl groups excluding tert-OH is 1. The van der Waals surface area contributed by atoms with Gasteiger partial charge in [0.2, 0.25) is 0 Å². The largest absolute Gasteiger partial charge is 0.491 e. The van der Waals surface area contributed by atoms with Gasteiger partial charge in [-0.1, -0.05) is 24.3 Å². The molecular formula is C20H24N2O4. The van der Waals surface area contributed by atoms with Gasteiger partial charge in [-0.2, -0.15) is 0 Å². The third-order valence-corrected chi connectivity index (χ3v) is 4.07. The van der Waals surface area contributed by atoms with Gasteiger partial charge < -0.3 is 23.9 Å². The Morgan fingerprint density at radius 1 is 0.962 bits per heavy atom. The first-order valence-electron chi connectivity index (χ1n) is 8.65. The van der Waals surface area contributed by atoms with Crippen molar-refractivity contribution in [2.24, 2.45) is 0 Å². The number of rotatable bonds is 10. The third kappa shape index (κ3) is 4.60. The van der Waals surface area contributed by atoms with E-state index in [4.69, 9.17) is 14.2 Å². The summed E-state index contributed by atoms with van der Waals surface area (Å²) in [7, 11) is 1.65. The number of aliphatic hydroxyl groups is 1. The van der Waals surface area contributed by atoms with E-state index >= 15 is 0 Å². The summed E-state index contributed by atoms with van der Waals surface area (Å²) in [4.78, 5) is 4.48. The number of aromatic nitrogens is 2. The van der Waals surface area contributed by atoms with Gasteiger partial charge in [0.25, 0.3) is 0 Å². The van der Waals surface area contributed by atoms with Crippen LogP contribution in [0, 0.1) is 0 Å². The first-order valence-corrected chi connectivity index (χ1v) is 8.65. The number of hydrogen-bond acceptors (Lipinski definition) is 5. The molecule has 3 rings (SSSR count). The highest BCUT2D eigenvalue weighted by Gasteiger charge is 2.09. The van der Waals surface area contributed by atoms with Gasteiger partial charge in [-0.25, -0.2) is 4.98 Å². The number of hydrogen-bond donors (Lipinski definition) is 1. The molecule has 6 heteroatoms. The fourth-order valence-corrected chi connectivity index (χ4v) is 2.76. The third-order valence-electron chi connectivity index (χ3n) is 4.07. The molecule has 1 aromatic heterocycles. The molecule has 0 fully saturated rings. The highest BCUT2D eigenvalue weighted by atomic mass is 16.5.